The molecular weight excluding hydrogens is 491 g/mol. The fourth-order valence-corrected chi connectivity index (χ4v) is 3.18. The van der Waals surface area contributed by atoms with Crippen molar-refractivity contribution in [3.63, 3.8) is 0 Å². The van der Waals surface area contributed by atoms with E-state index in [2.05, 4.69) is 58.5 Å². The van der Waals surface area contributed by atoms with Crippen molar-refractivity contribution in [1.82, 2.24) is 25.3 Å². The minimum Gasteiger partial charge on any atom is -0.492 e. The van der Waals surface area contributed by atoms with E-state index in [0.29, 0.717) is 13.2 Å². The third kappa shape index (κ3) is 8.14. The molecule has 0 aliphatic heterocycles. The van der Waals surface area contributed by atoms with Gasteiger partial charge in [-0.15, -0.1) is 24.0 Å². The molecule has 0 aliphatic carbocycles. The first-order chi connectivity index (χ1) is 13.8. The SMILES string of the molecule is CN=C(NCc1cccc(OCCN(C)C)c1)NC(C)Cc1c(C)nn(C)c1C.I. The molecular formula is C22H37IN6O. The number of benzene rings is 1. The smallest absolute Gasteiger partial charge is 0.191 e. The standard InChI is InChI=1S/C22H36N6O.HI/c1-16(13-21-17(2)26-28(7)18(21)3)25-22(23-4)24-15-19-9-8-10-20(14-19)29-12-11-27(5)6;/h8-10,14,16H,11-13,15H2,1-7H3,(H2,23,24,25);1H. The summed E-state index contributed by atoms with van der Waals surface area (Å²) in [5, 5.41) is 11.4. The predicted octanol–water partition coefficient (Wildman–Crippen LogP) is 2.89. The third-order valence-corrected chi connectivity index (χ3v) is 4.94. The monoisotopic (exact) mass is 528 g/mol. The lowest BCUT2D eigenvalue weighted by atomic mass is 10.1. The quantitative estimate of drug-likeness (QED) is 0.298. The maximum atomic E-state index is 5.82. The van der Waals surface area contributed by atoms with E-state index in [1.807, 2.05) is 38.0 Å². The Labute approximate surface area is 198 Å². The molecule has 2 N–H and O–H groups in total. The van der Waals surface area contributed by atoms with Gasteiger partial charge in [0.15, 0.2) is 5.96 Å². The highest BCUT2D eigenvalue weighted by atomic mass is 127. The van der Waals surface area contributed by atoms with Gasteiger partial charge in [-0.3, -0.25) is 9.67 Å². The third-order valence-electron chi connectivity index (χ3n) is 4.94. The highest BCUT2D eigenvalue weighted by Crippen LogP contribution is 2.15. The van der Waals surface area contributed by atoms with Crippen LogP contribution >= 0.6 is 24.0 Å². The van der Waals surface area contributed by atoms with Gasteiger partial charge in [-0.2, -0.15) is 5.10 Å². The number of aliphatic imine (C=N–C) groups is 1. The van der Waals surface area contributed by atoms with Crippen LogP contribution < -0.4 is 15.4 Å². The molecule has 0 saturated heterocycles. The van der Waals surface area contributed by atoms with Gasteiger partial charge in [0.1, 0.15) is 12.4 Å². The van der Waals surface area contributed by atoms with Gasteiger partial charge in [0, 0.05) is 38.9 Å². The van der Waals surface area contributed by atoms with Crippen LogP contribution in [0.4, 0.5) is 0 Å². The van der Waals surface area contributed by atoms with Crippen molar-refractivity contribution in [2.45, 2.75) is 39.8 Å². The van der Waals surface area contributed by atoms with E-state index >= 15 is 0 Å². The zero-order valence-electron chi connectivity index (χ0n) is 19.3. The Balaban J connectivity index is 0.00000450. The fraction of sp³-hybridized carbons (Fsp3) is 0.545. The van der Waals surface area contributed by atoms with E-state index in [0.717, 1.165) is 35.9 Å². The molecule has 1 aromatic carbocycles. The number of aryl methyl sites for hydroxylation is 2. The molecule has 30 heavy (non-hydrogen) atoms. The Morgan fingerprint density at radius 2 is 2.03 bits per heavy atom. The summed E-state index contributed by atoms with van der Waals surface area (Å²) in [5.74, 6) is 1.68. The highest BCUT2D eigenvalue weighted by molar-refractivity contribution is 14.0. The van der Waals surface area contributed by atoms with Crippen LogP contribution in [0.25, 0.3) is 0 Å². The molecule has 2 rings (SSSR count). The summed E-state index contributed by atoms with van der Waals surface area (Å²) < 4.78 is 7.77. The van der Waals surface area contributed by atoms with Gasteiger partial charge >= 0.3 is 0 Å². The first-order valence-corrected chi connectivity index (χ1v) is 10.1. The molecule has 1 atom stereocenters. The normalized spacial score (nSPS) is 12.5. The summed E-state index contributed by atoms with van der Waals surface area (Å²) in [6, 6.07) is 8.41. The van der Waals surface area contributed by atoms with Crippen LogP contribution in [-0.2, 0) is 20.0 Å². The summed E-state index contributed by atoms with van der Waals surface area (Å²) in [6.07, 6.45) is 0.904. The van der Waals surface area contributed by atoms with Gasteiger partial charge in [-0.25, -0.2) is 0 Å². The number of ether oxygens (including phenoxy) is 1. The van der Waals surface area contributed by atoms with Gasteiger partial charge in [-0.05, 0) is 64.5 Å². The van der Waals surface area contributed by atoms with Crippen LogP contribution in [0.1, 0.15) is 29.4 Å². The van der Waals surface area contributed by atoms with Gasteiger partial charge in [0.05, 0.1) is 5.69 Å². The molecule has 168 valence electrons. The summed E-state index contributed by atoms with van der Waals surface area (Å²) in [6.45, 7) is 8.60. The molecule has 2 aromatic rings. The lowest BCUT2D eigenvalue weighted by molar-refractivity contribution is 0.261. The average Bonchev–Trinajstić information content (AvgIpc) is 2.91. The van der Waals surface area contributed by atoms with E-state index in [1.54, 1.807) is 7.05 Å². The molecule has 0 bridgehead atoms. The topological polar surface area (TPSA) is 66.7 Å². The maximum absolute atomic E-state index is 5.82. The highest BCUT2D eigenvalue weighted by Gasteiger charge is 2.14. The molecule has 8 heteroatoms. The van der Waals surface area contributed by atoms with Crippen LogP contribution in [0, 0.1) is 13.8 Å². The van der Waals surface area contributed by atoms with Gasteiger partial charge in [0.25, 0.3) is 0 Å². The zero-order chi connectivity index (χ0) is 21.4. The van der Waals surface area contributed by atoms with E-state index < -0.39 is 0 Å². The largest absolute Gasteiger partial charge is 0.492 e. The predicted molar refractivity (Wildman–Crippen MR) is 135 cm³/mol. The molecule has 0 fully saturated rings. The number of nitrogens with one attached hydrogen (secondary N) is 2. The molecule has 1 heterocycles. The maximum Gasteiger partial charge on any atom is 0.191 e. The van der Waals surface area contributed by atoms with E-state index in [1.165, 1.54) is 11.3 Å². The molecule has 0 saturated carbocycles. The van der Waals surface area contributed by atoms with Crippen LogP contribution in [0.2, 0.25) is 0 Å². The van der Waals surface area contributed by atoms with Crippen LogP contribution in [0.5, 0.6) is 5.75 Å². The second-order valence-corrected chi connectivity index (χ2v) is 7.75. The number of nitrogens with zero attached hydrogens (tertiary/aromatic N) is 4. The minimum atomic E-state index is 0. The van der Waals surface area contributed by atoms with Crippen LogP contribution in [-0.4, -0.2) is 61.0 Å². The number of hydrogen-bond donors (Lipinski definition) is 2. The van der Waals surface area contributed by atoms with Gasteiger partial charge in [0.2, 0.25) is 0 Å². The van der Waals surface area contributed by atoms with Crippen molar-refractivity contribution in [1.29, 1.82) is 0 Å². The van der Waals surface area contributed by atoms with E-state index in [4.69, 9.17) is 4.74 Å². The van der Waals surface area contributed by atoms with Crippen molar-refractivity contribution in [3.8, 4) is 5.75 Å². The number of guanidine groups is 1. The molecule has 0 radical (unpaired) electrons. The van der Waals surface area contributed by atoms with Crippen LogP contribution in [0.15, 0.2) is 29.3 Å². The molecule has 7 nitrogen and oxygen atoms in total. The van der Waals surface area contributed by atoms with Crippen molar-refractivity contribution >= 4 is 29.9 Å². The zero-order valence-corrected chi connectivity index (χ0v) is 21.7. The lowest BCUT2D eigenvalue weighted by Crippen LogP contribution is -2.42. The first kappa shape index (κ1) is 26.2. The number of rotatable bonds is 9. The Kier molecular flexibility index (Phi) is 11.2. The summed E-state index contributed by atoms with van der Waals surface area (Å²) >= 11 is 0. The number of hydrogen-bond acceptors (Lipinski definition) is 4. The number of likely N-dealkylation sites (N-methyl/N-ethyl adjacent to an activating group) is 1. The van der Waals surface area contributed by atoms with E-state index in [9.17, 15) is 0 Å². The van der Waals surface area contributed by atoms with Crippen molar-refractivity contribution in [2.75, 3.05) is 34.3 Å². The average molecular weight is 528 g/mol. The molecule has 0 spiro atoms. The Morgan fingerprint density at radius 1 is 1.30 bits per heavy atom. The fourth-order valence-electron chi connectivity index (χ4n) is 3.18. The Morgan fingerprint density at radius 3 is 2.63 bits per heavy atom. The van der Waals surface area contributed by atoms with E-state index in [-0.39, 0.29) is 30.0 Å². The van der Waals surface area contributed by atoms with Crippen LogP contribution in [0.3, 0.4) is 0 Å². The summed E-state index contributed by atoms with van der Waals surface area (Å²) in [5.41, 5.74) is 4.75. The van der Waals surface area contributed by atoms with Gasteiger partial charge in [-0.1, -0.05) is 12.1 Å². The molecule has 0 aliphatic rings. The van der Waals surface area contributed by atoms with Crippen molar-refractivity contribution in [2.24, 2.45) is 12.0 Å². The first-order valence-electron chi connectivity index (χ1n) is 10.1. The second-order valence-electron chi connectivity index (χ2n) is 7.75. The summed E-state index contributed by atoms with van der Waals surface area (Å²) in [7, 11) is 7.87. The molecule has 1 unspecified atom stereocenters. The molecule has 0 amide bonds. The number of halogens is 1. The lowest BCUT2D eigenvalue weighted by Gasteiger charge is -2.18. The Bertz CT molecular complexity index is 818. The minimum absolute atomic E-state index is 0. The second kappa shape index (κ2) is 12.8. The van der Waals surface area contributed by atoms with Gasteiger partial charge < -0.3 is 20.3 Å². The molecule has 1 aromatic heterocycles. The Hall–Kier alpha value is -1.81. The van der Waals surface area contributed by atoms with Crippen molar-refractivity contribution in [3.05, 3.63) is 46.8 Å². The van der Waals surface area contributed by atoms with Crippen molar-refractivity contribution < 1.29 is 4.74 Å². The summed E-state index contributed by atoms with van der Waals surface area (Å²) in [4.78, 5) is 6.47. The number of aromatic nitrogens is 2.